The van der Waals surface area contributed by atoms with Gasteiger partial charge in [0.1, 0.15) is 12.6 Å². The number of aryl methyl sites for hydroxylation is 2. The van der Waals surface area contributed by atoms with Gasteiger partial charge in [0.15, 0.2) is 0 Å². The molecule has 0 bridgehead atoms. The first kappa shape index (κ1) is 27.4. The van der Waals surface area contributed by atoms with Crippen LogP contribution in [0.2, 0.25) is 0 Å². The topological polar surface area (TPSA) is 86.8 Å². The van der Waals surface area contributed by atoms with Gasteiger partial charge < -0.3 is 10.2 Å². The first-order valence-corrected chi connectivity index (χ1v) is 13.6. The Labute approximate surface area is 204 Å². The van der Waals surface area contributed by atoms with Crippen molar-refractivity contribution < 1.29 is 18.0 Å². The second kappa shape index (κ2) is 12.6. The van der Waals surface area contributed by atoms with Gasteiger partial charge in [0.25, 0.3) is 0 Å². The quantitative estimate of drug-likeness (QED) is 0.495. The third kappa shape index (κ3) is 7.58. The molecule has 0 aliphatic rings. The fourth-order valence-electron chi connectivity index (χ4n) is 3.69. The molecule has 0 aromatic heterocycles. The lowest BCUT2D eigenvalue weighted by atomic mass is 10.1. The van der Waals surface area contributed by atoms with Crippen molar-refractivity contribution in [3.05, 3.63) is 65.2 Å². The zero-order valence-electron chi connectivity index (χ0n) is 20.9. The van der Waals surface area contributed by atoms with Crippen molar-refractivity contribution in [2.45, 2.75) is 59.5 Å². The molecule has 1 unspecified atom stereocenters. The van der Waals surface area contributed by atoms with Crippen LogP contribution in [0, 0.1) is 6.92 Å². The number of benzene rings is 2. The lowest BCUT2D eigenvalue weighted by Gasteiger charge is -2.33. The van der Waals surface area contributed by atoms with Gasteiger partial charge in [0, 0.05) is 13.1 Å². The van der Waals surface area contributed by atoms with Gasteiger partial charge in [-0.15, -0.1) is 0 Å². The van der Waals surface area contributed by atoms with E-state index >= 15 is 0 Å². The van der Waals surface area contributed by atoms with Crippen molar-refractivity contribution in [2.75, 3.05) is 23.7 Å². The maximum Gasteiger partial charge on any atom is 0.244 e. The van der Waals surface area contributed by atoms with E-state index in [1.54, 1.807) is 12.1 Å². The van der Waals surface area contributed by atoms with Gasteiger partial charge in [-0.1, -0.05) is 62.7 Å². The Hall–Kier alpha value is -2.87. The summed E-state index contributed by atoms with van der Waals surface area (Å²) < 4.78 is 26.4. The summed E-state index contributed by atoms with van der Waals surface area (Å²) in [5, 5.41) is 2.88. The summed E-state index contributed by atoms with van der Waals surface area (Å²) in [6, 6.07) is 14.2. The molecule has 0 aliphatic heterocycles. The van der Waals surface area contributed by atoms with Crippen LogP contribution in [0.3, 0.4) is 0 Å². The molecule has 186 valence electrons. The molecule has 7 nitrogen and oxygen atoms in total. The second-order valence-corrected chi connectivity index (χ2v) is 10.4. The van der Waals surface area contributed by atoms with Gasteiger partial charge in [-0.25, -0.2) is 8.42 Å². The van der Waals surface area contributed by atoms with E-state index in [4.69, 9.17) is 0 Å². The molecule has 0 fully saturated rings. The molecule has 0 saturated heterocycles. The number of hydrogen-bond donors (Lipinski definition) is 1. The monoisotopic (exact) mass is 487 g/mol. The Balaban J connectivity index is 2.40. The number of nitrogens with zero attached hydrogens (tertiary/aromatic N) is 2. The highest BCUT2D eigenvalue weighted by molar-refractivity contribution is 7.92. The van der Waals surface area contributed by atoms with Crippen molar-refractivity contribution in [3.8, 4) is 0 Å². The van der Waals surface area contributed by atoms with Gasteiger partial charge >= 0.3 is 0 Å². The van der Waals surface area contributed by atoms with E-state index in [0.29, 0.717) is 18.7 Å². The third-order valence-electron chi connectivity index (χ3n) is 5.72. The van der Waals surface area contributed by atoms with Gasteiger partial charge in [0.05, 0.1) is 11.9 Å². The van der Waals surface area contributed by atoms with Crippen molar-refractivity contribution in [2.24, 2.45) is 0 Å². The number of anilines is 1. The van der Waals surface area contributed by atoms with Crippen molar-refractivity contribution in [3.63, 3.8) is 0 Å². The highest BCUT2D eigenvalue weighted by Gasteiger charge is 2.31. The molecule has 1 N–H and O–H groups in total. The number of hydrogen-bond acceptors (Lipinski definition) is 4. The highest BCUT2D eigenvalue weighted by atomic mass is 32.2. The smallest absolute Gasteiger partial charge is 0.244 e. The first-order chi connectivity index (χ1) is 16.1. The van der Waals surface area contributed by atoms with Gasteiger partial charge in [-0.05, 0) is 49.4 Å². The SMILES string of the molecule is CCCNC(=O)C(CC)N(Cc1ccc(C)cc1)C(=O)CN(c1ccc(CC)cc1)S(C)(=O)=O. The van der Waals surface area contributed by atoms with E-state index in [1.807, 2.05) is 64.1 Å². The Morgan fingerprint density at radius 2 is 1.53 bits per heavy atom. The molecule has 8 heteroatoms. The van der Waals surface area contributed by atoms with E-state index in [0.717, 1.165) is 40.1 Å². The van der Waals surface area contributed by atoms with Gasteiger partial charge in [-0.2, -0.15) is 0 Å². The van der Waals surface area contributed by atoms with Crippen LogP contribution in [0.5, 0.6) is 0 Å². The van der Waals surface area contributed by atoms with Crippen LogP contribution in [0.4, 0.5) is 5.69 Å². The van der Waals surface area contributed by atoms with Crippen LogP contribution in [-0.4, -0.2) is 50.5 Å². The fraction of sp³-hybridized carbons (Fsp3) is 0.462. The van der Waals surface area contributed by atoms with Crippen molar-refractivity contribution >= 4 is 27.5 Å². The summed E-state index contributed by atoms with van der Waals surface area (Å²) in [6.07, 6.45) is 3.11. The molecular formula is C26H37N3O4S. The molecule has 2 rings (SSSR count). The standard InChI is InChI=1S/C26H37N3O4S/c1-6-17-27-26(31)24(8-3)28(18-22-11-9-20(4)10-12-22)25(30)19-29(34(5,32)33)23-15-13-21(7-2)14-16-23/h9-16,24H,6-8,17-19H2,1-5H3,(H,27,31). The van der Waals surface area contributed by atoms with E-state index < -0.39 is 22.0 Å². The summed E-state index contributed by atoms with van der Waals surface area (Å²) in [5.41, 5.74) is 3.46. The van der Waals surface area contributed by atoms with E-state index in [2.05, 4.69) is 5.32 Å². The summed E-state index contributed by atoms with van der Waals surface area (Å²) in [4.78, 5) is 28.0. The van der Waals surface area contributed by atoms with E-state index in [-0.39, 0.29) is 19.0 Å². The Morgan fingerprint density at radius 3 is 2.03 bits per heavy atom. The molecule has 1 atom stereocenters. The molecule has 0 heterocycles. The summed E-state index contributed by atoms with van der Waals surface area (Å²) in [5.74, 6) is -0.660. The predicted molar refractivity (Wildman–Crippen MR) is 137 cm³/mol. The lowest BCUT2D eigenvalue weighted by molar-refractivity contribution is -0.140. The van der Waals surface area contributed by atoms with Crippen molar-refractivity contribution in [1.29, 1.82) is 0 Å². The first-order valence-electron chi connectivity index (χ1n) is 11.8. The Bertz CT molecular complexity index is 1050. The van der Waals surface area contributed by atoms with Gasteiger partial charge in [-0.3, -0.25) is 13.9 Å². The minimum absolute atomic E-state index is 0.212. The number of rotatable bonds is 12. The van der Waals surface area contributed by atoms with E-state index in [9.17, 15) is 18.0 Å². The largest absolute Gasteiger partial charge is 0.354 e. The number of carbonyl (C=O) groups excluding carboxylic acids is 2. The van der Waals surface area contributed by atoms with Crippen LogP contribution in [0.1, 0.15) is 50.3 Å². The number of amides is 2. The fourth-order valence-corrected chi connectivity index (χ4v) is 4.54. The summed E-state index contributed by atoms with van der Waals surface area (Å²) in [7, 11) is -3.73. The number of nitrogens with one attached hydrogen (secondary N) is 1. The van der Waals surface area contributed by atoms with Crippen molar-refractivity contribution in [1.82, 2.24) is 10.2 Å². The average molecular weight is 488 g/mol. The normalized spacial score (nSPS) is 12.1. The van der Waals surface area contributed by atoms with Crippen LogP contribution in [-0.2, 0) is 32.6 Å². The Kier molecular flexibility index (Phi) is 10.1. The molecule has 34 heavy (non-hydrogen) atoms. The zero-order chi connectivity index (χ0) is 25.3. The molecule has 2 aromatic carbocycles. The molecule has 0 saturated carbocycles. The second-order valence-electron chi connectivity index (χ2n) is 8.51. The van der Waals surface area contributed by atoms with Crippen LogP contribution in [0.25, 0.3) is 0 Å². The maximum atomic E-state index is 13.6. The zero-order valence-corrected chi connectivity index (χ0v) is 21.7. The van der Waals surface area contributed by atoms with Crippen LogP contribution in [0.15, 0.2) is 48.5 Å². The molecule has 0 radical (unpaired) electrons. The predicted octanol–water partition coefficient (Wildman–Crippen LogP) is 3.66. The van der Waals surface area contributed by atoms with Crippen LogP contribution < -0.4 is 9.62 Å². The molecule has 2 amide bonds. The summed E-state index contributed by atoms with van der Waals surface area (Å²) in [6.45, 7) is 8.16. The molecule has 2 aromatic rings. The van der Waals surface area contributed by atoms with Crippen LogP contribution >= 0.6 is 0 Å². The lowest BCUT2D eigenvalue weighted by Crippen LogP contribution is -2.52. The Morgan fingerprint density at radius 1 is 0.941 bits per heavy atom. The number of carbonyl (C=O) groups is 2. The minimum atomic E-state index is -3.73. The van der Waals surface area contributed by atoms with E-state index in [1.165, 1.54) is 4.90 Å². The van der Waals surface area contributed by atoms with Gasteiger partial charge in [0.2, 0.25) is 21.8 Å². The minimum Gasteiger partial charge on any atom is -0.354 e. The molecular weight excluding hydrogens is 450 g/mol. The molecule has 0 aliphatic carbocycles. The molecule has 0 spiro atoms. The summed E-state index contributed by atoms with van der Waals surface area (Å²) >= 11 is 0. The maximum absolute atomic E-state index is 13.6. The third-order valence-corrected chi connectivity index (χ3v) is 6.86. The highest BCUT2D eigenvalue weighted by Crippen LogP contribution is 2.21. The number of sulfonamides is 1. The average Bonchev–Trinajstić information content (AvgIpc) is 2.81.